The van der Waals surface area contributed by atoms with Crippen LogP contribution in [-0.4, -0.2) is 26.1 Å². The minimum absolute atomic E-state index is 0.00111. The SMILES string of the molecule is CCNC(c1cc(C)nn1C)c1c(Cl)cnn1C. The molecule has 0 spiro atoms. The maximum Gasteiger partial charge on any atom is 0.0933 e. The van der Waals surface area contributed by atoms with E-state index in [1.807, 2.05) is 25.7 Å². The van der Waals surface area contributed by atoms with E-state index < -0.39 is 0 Å². The molecule has 0 radical (unpaired) electrons. The van der Waals surface area contributed by atoms with Crippen molar-refractivity contribution >= 4 is 11.6 Å². The van der Waals surface area contributed by atoms with E-state index in [9.17, 15) is 0 Å². The standard InChI is InChI=1S/C12H18ClN5/c1-5-14-11(10-6-8(2)16-17(10)3)12-9(13)7-15-18(12)4/h6-7,11,14H,5H2,1-4H3. The summed E-state index contributed by atoms with van der Waals surface area (Å²) in [5.74, 6) is 0. The first-order chi connectivity index (χ1) is 8.54. The molecule has 1 N–H and O–H groups in total. The Morgan fingerprint density at radius 1 is 1.39 bits per heavy atom. The van der Waals surface area contributed by atoms with Crippen molar-refractivity contribution in [2.75, 3.05) is 6.54 Å². The summed E-state index contributed by atoms with van der Waals surface area (Å²) in [7, 11) is 3.84. The van der Waals surface area contributed by atoms with Crippen molar-refractivity contribution in [2.45, 2.75) is 19.9 Å². The molecule has 2 rings (SSSR count). The maximum atomic E-state index is 6.23. The van der Waals surface area contributed by atoms with E-state index in [-0.39, 0.29) is 6.04 Å². The van der Waals surface area contributed by atoms with Crippen LogP contribution in [0.2, 0.25) is 5.02 Å². The van der Waals surface area contributed by atoms with E-state index in [4.69, 9.17) is 11.6 Å². The Bertz CT molecular complexity index is 523. The van der Waals surface area contributed by atoms with Crippen LogP contribution in [-0.2, 0) is 14.1 Å². The van der Waals surface area contributed by atoms with Crippen molar-refractivity contribution in [1.29, 1.82) is 0 Å². The minimum Gasteiger partial charge on any atom is -0.304 e. The molecular formula is C12H18ClN5. The average molecular weight is 268 g/mol. The van der Waals surface area contributed by atoms with Crippen molar-refractivity contribution in [1.82, 2.24) is 24.9 Å². The zero-order chi connectivity index (χ0) is 13.3. The van der Waals surface area contributed by atoms with E-state index in [1.54, 1.807) is 10.9 Å². The summed E-state index contributed by atoms with van der Waals surface area (Å²) >= 11 is 6.23. The smallest absolute Gasteiger partial charge is 0.0933 e. The molecule has 0 bridgehead atoms. The predicted octanol–water partition coefficient (Wildman–Crippen LogP) is 1.81. The molecule has 0 aliphatic rings. The highest BCUT2D eigenvalue weighted by atomic mass is 35.5. The first kappa shape index (κ1) is 13.1. The van der Waals surface area contributed by atoms with E-state index in [0.717, 1.165) is 23.6 Å². The third kappa shape index (κ3) is 2.28. The quantitative estimate of drug-likeness (QED) is 0.919. The molecule has 1 unspecified atom stereocenters. The Labute approximate surface area is 112 Å². The summed E-state index contributed by atoms with van der Waals surface area (Å²) in [5.41, 5.74) is 3.04. The van der Waals surface area contributed by atoms with Crippen LogP contribution < -0.4 is 5.32 Å². The molecule has 2 heterocycles. The highest BCUT2D eigenvalue weighted by Gasteiger charge is 2.23. The number of hydrogen-bond donors (Lipinski definition) is 1. The van der Waals surface area contributed by atoms with Gasteiger partial charge in [-0.15, -0.1) is 0 Å². The number of rotatable bonds is 4. The lowest BCUT2D eigenvalue weighted by Gasteiger charge is -2.19. The van der Waals surface area contributed by atoms with Gasteiger partial charge in [-0.3, -0.25) is 9.36 Å². The van der Waals surface area contributed by atoms with Crippen molar-refractivity contribution in [3.05, 3.63) is 34.4 Å². The first-order valence-corrected chi connectivity index (χ1v) is 6.33. The van der Waals surface area contributed by atoms with E-state index in [0.29, 0.717) is 5.02 Å². The maximum absolute atomic E-state index is 6.23. The molecule has 18 heavy (non-hydrogen) atoms. The molecule has 6 heteroatoms. The second-order valence-corrected chi connectivity index (χ2v) is 4.73. The first-order valence-electron chi connectivity index (χ1n) is 5.96. The van der Waals surface area contributed by atoms with Gasteiger partial charge in [-0.25, -0.2) is 0 Å². The van der Waals surface area contributed by atoms with Gasteiger partial charge in [0.25, 0.3) is 0 Å². The van der Waals surface area contributed by atoms with Crippen LogP contribution in [0.1, 0.15) is 30.0 Å². The summed E-state index contributed by atoms with van der Waals surface area (Å²) in [6.45, 7) is 4.90. The lowest BCUT2D eigenvalue weighted by molar-refractivity contribution is 0.534. The molecule has 0 amide bonds. The molecule has 0 aliphatic carbocycles. The fourth-order valence-corrected chi connectivity index (χ4v) is 2.47. The normalized spacial score (nSPS) is 12.9. The third-order valence-corrected chi connectivity index (χ3v) is 3.24. The van der Waals surface area contributed by atoms with Crippen molar-refractivity contribution < 1.29 is 0 Å². The highest BCUT2D eigenvalue weighted by molar-refractivity contribution is 6.31. The van der Waals surface area contributed by atoms with E-state index >= 15 is 0 Å². The monoisotopic (exact) mass is 267 g/mol. The fraction of sp³-hybridized carbons (Fsp3) is 0.500. The number of aryl methyl sites for hydroxylation is 3. The Kier molecular flexibility index (Phi) is 3.73. The third-order valence-electron chi connectivity index (χ3n) is 2.95. The van der Waals surface area contributed by atoms with Gasteiger partial charge in [0.2, 0.25) is 0 Å². The molecular weight excluding hydrogens is 250 g/mol. The van der Waals surface area contributed by atoms with Gasteiger partial charge in [0.15, 0.2) is 0 Å². The number of aromatic nitrogens is 4. The van der Waals surface area contributed by atoms with Crippen LogP contribution >= 0.6 is 11.6 Å². The summed E-state index contributed by atoms with van der Waals surface area (Å²) in [5, 5.41) is 12.7. The van der Waals surface area contributed by atoms with Crippen molar-refractivity contribution in [2.24, 2.45) is 14.1 Å². The second-order valence-electron chi connectivity index (χ2n) is 4.33. The topological polar surface area (TPSA) is 47.7 Å². The van der Waals surface area contributed by atoms with Gasteiger partial charge in [-0.05, 0) is 19.5 Å². The van der Waals surface area contributed by atoms with Crippen LogP contribution in [0.15, 0.2) is 12.3 Å². The molecule has 0 aliphatic heterocycles. The zero-order valence-electron chi connectivity index (χ0n) is 11.1. The van der Waals surface area contributed by atoms with Crippen LogP contribution in [0.5, 0.6) is 0 Å². The van der Waals surface area contributed by atoms with Crippen LogP contribution in [0.3, 0.4) is 0 Å². The van der Waals surface area contributed by atoms with Gasteiger partial charge in [0.1, 0.15) is 0 Å². The van der Waals surface area contributed by atoms with Crippen LogP contribution in [0.4, 0.5) is 0 Å². The average Bonchev–Trinajstić information content (AvgIpc) is 2.80. The number of hydrogen-bond acceptors (Lipinski definition) is 3. The summed E-state index contributed by atoms with van der Waals surface area (Å²) in [6.07, 6.45) is 1.67. The Hall–Kier alpha value is -1.33. The molecule has 98 valence electrons. The lowest BCUT2D eigenvalue weighted by Crippen LogP contribution is -2.26. The van der Waals surface area contributed by atoms with Gasteiger partial charge in [-0.2, -0.15) is 10.2 Å². The molecule has 0 saturated carbocycles. The minimum atomic E-state index is 0.00111. The van der Waals surface area contributed by atoms with E-state index in [1.165, 1.54) is 0 Å². The van der Waals surface area contributed by atoms with Gasteiger partial charge in [0.05, 0.1) is 34.3 Å². The molecule has 0 aromatic carbocycles. The van der Waals surface area contributed by atoms with Crippen LogP contribution in [0, 0.1) is 6.92 Å². The molecule has 0 fully saturated rings. The van der Waals surface area contributed by atoms with E-state index in [2.05, 4.69) is 28.5 Å². The molecule has 2 aromatic rings. The molecule has 0 saturated heterocycles. The lowest BCUT2D eigenvalue weighted by atomic mass is 10.1. The van der Waals surface area contributed by atoms with Gasteiger partial charge in [-0.1, -0.05) is 18.5 Å². The summed E-state index contributed by atoms with van der Waals surface area (Å²) < 4.78 is 3.68. The van der Waals surface area contributed by atoms with Gasteiger partial charge >= 0.3 is 0 Å². The highest BCUT2D eigenvalue weighted by Crippen LogP contribution is 2.27. The Morgan fingerprint density at radius 3 is 2.56 bits per heavy atom. The molecule has 5 nitrogen and oxygen atoms in total. The Balaban J connectivity index is 2.49. The second kappa shape index (κ2) is 5.12. The van der Waals surface area contributed by atoms with Crippen molar-refractivity contribution in [3.8, 4) is 0 Å². The number of nitrogens with zero attached hydrogens (tertiary/aromatic N) is 4. The largest absolute Gasteiger partial charge is 0.304 e. The van der Waals surface area contributed by atoms with Gasteiger partial charge < -0.3 is 5.32 Å². The van der Waals surface area contributed by atoms with Crippen molar-refractivity contribution in [3.63, 3.8) is 0 Å². The molecule has 1 atom stereocenters. The predicted molar refractivity (Wildman–Crippen MR) is 71.7 cm³/mol. The summed E-state index contributed by atoms with van der Waals surface area (Å²) in [6, 6.07) is 2.07. The zero-order valence-corrected chi connectivity index (χ0v) is 11.9. The Morgan fingerprint density at radius 2 is 2.11 bits per heavy atom. The van der Waals surface area contributed by atoms with Gasteiger partial charge in [0, 0.05) is 14.1 Å². The molecule has 2 aromatic heterocycles. The fourth-order valence-electron chi connectivity index (χ4n) is 2.19. The number of nitrogens with one attached hydrogen (secondary N) is 1. The number of halogens is 1. The summed E-state index contributed by atoms with van der Waals surface area (Å²) in [4.78, 5) is 0. The van der Waals surface area contributed by atoms with Crippen LogP contribution in [0.25, 0.3) is 0 Å².